The Morgan fingerprint density at radius 2 is 2.11 bits per heavy atom. The van der Waals surface area contributed by atoms with Gasteiger partial charge < -0.3 is 10.4 Å². The molecule has 0 aliphatic carbocycles. The lowest BCUT2D eigenvalue weighted by Crippen LogP contribution is -2.03. The van der Waals surface area contributed by atoms with Gasteiger partial charge in [0, 0.05) is 24.5 Å². The van der Waals surface area contributed by atoms with Crippen LogP contribution in [-0.4, -0.2) is 25.8 Å². The molecule has 0 aromatic carbocycles. The Hall–Kier alpha value is -2.37. The molecule has 0 radical (unpaired) electrons. The summed E-state index contributed by atoms with van der Waals surface area (Å²) in [5, 5.41) is 16.1. The number of carboxylic acid groups (broad SMARTS) is 1. The maximum absolute atomic E-state index is 10.7. The van der Waals surface area contributed by atoms with Crippen LogP contribution in [0.4, 0.5) is 11.6 Å². The van der Waals surface area contributed by atoms with E-state index in [4.69, 9.17) is 5.11 Å². The maximum Gasteiger partial charge on any atom is 0.337 e. The SMILES string of the molecule is CC(C)n1ccc(Nc2ccc(C(=O)O)cn2)n1. The van der Waals surface area contributed by atoms with Gasteiger partial charge in [-0.25, -0.2) is 9.78 Å². The molecular formula is C12H14N4O2. The Labute approximate surface area is 104 Å². The predicted molar refractivity (Wildman–Crippen MR) is 67.1 cm³/mol. The lowest BCUT2D eigenvalue weighted by atomic mass is 10.3. The van der Waals surface area contributed by atoms with E-state index in [-0.39, 0.29) is 5.56 Å². The average Bonchev–Trinajstić information content (AvgIpc) is 2.78. The number of hydrogen-bond acceptors (Lipinski definition) is 4. The minimum Gasteiger partial charge on any atom is -0.478 e. The standard InChI is InChI=1S/C12H14N4O2/c1-8(2)16-6-5-11(15-16)14-10-4-3-9(7-13-10)12(17)18/h3-8H,1-2H3,(H,17,18)(H,13,14,15). The Kier molecular flexibility index (Phi) is 3.27. The highest BCUT2D eigenvalue weighted by Gasteiger charge is 2.05. The van der Waals surface area contributed by atoms with Gasteiger partial charge in [-0.15, -0.1) is 0 Å². The lowest BCUT2D eigenvalue weighted by Gasteiger charge is -2.05. The van der Waals surface area contributed by atoms with Crippen LogP contribution < -0.4 is 5.32 Å². The third-order valence-electron chi connectivity index (χ3n) is 2.40. The van der Waals surface area contributed by atoms with Crippen molar-refractivity contribution >= 4 is 17.6 Å². The molecule has 0 amide bonds. The molecule has 0 unspecified atom stereocenters. The zero-order valence-corrected chi connectivity index (χ0v) is 10.2. The van der Waals surface area contributed by atoms with Crippen LogP contribution in [0.15, 0.2) is 30.6 Å². The van der Waals surface area contributed by atoms with E-state index in [1.165, 1.54) is 12.3 Å². The molecule has 2 rings (SSSR count). The molecule has 0 aliphatic rings. The number of hydrogen-bond donors (Lipinski definition) is 2. The number of nitrogens with one attached hydrogen (secondary N) is 1. The van der Waals surface area contributed by atoms with Gasteiger partial charge >= 0.3 is 5.97 Å². The molecule has 0 fully saturated rings. The molecule has 2 N–H and O–H groups in total. The third-order valence-corrected chi connectivity index (χ3v) is 2.40. The van der Waals surface area contributed by atoms with Crippen molar-refractivity contribution in [2.24, 2.45) is 0 Å². The monoisotopic (exact) mass is 246 g/mol. The molecular weight excluding hydrogens is 232 g/mol. The molecule has 6 nitrogen and oxygen atoms in total. The van der Waals surface area contributed by atoms with Crippen molar-refractivity contribution in [3.63, 3.8) is 0 Å². The van der Waals surface area contributed by atoms with E-state index in [9.17, 15) is 4.79 Å². The zero-order chi connectivity index (χ0) is 13.1. The van der Waals surface area contributed by atoms with Crippen LogP contribution in [0.3, 0.4) is 0 Å². The molecule has 2 aromatic heterocycles. The normalized spacial score (nSPS) is 10.6. The highest BCUT2D eigenvalue weighted by molar-refractivity contribution is 5.87. The van der Waals surface area contributed by atoms with Crippen molar-refractivity contribution in [3.8, 4) is 0 Å². The third kappa shape index (κ3) is 2.65. The Bertz CT molecular complexity index is 545. The maximum atomic E-state index is 10.7. The number of carbonyl (C=O) groups is 1. The van der Waals surface area contributed by atoms with Gasteiger partial charge in [0.25, 0.3) is 0 Å². The molecule has 0 bridgehead atoms. The summed E-state index contributed by atoms with van der Waals surface area (Å²) in [7, 11) is 0. The average molecular weight is 246 g/mol. The highest BCUT2D eigenvalue weighted by atomic mass is 16.4. The second kappa shape index (κ2) is 4.87. The van der Waals surface area contributed by atoms with Crippen molar-refractivity contribution in [1.29, 1.82) is 0 Å². The Balaban J connectivity index is 2.10. The fourth-order valence-corrected chi connectivity index (χ4v) is 1.42. The first-order valence-electron chi connectivity index (χ1n) is 5.58. The number of aromatic carboxylic acids is 1. The summed E-state index contributed by atoms with van der Waals surface area (Å²) in [5.74, 6) is 0.256. The van der Waals surface area contributed by atoms with Crippen LogP contribution in [0, 0.1) is 0 Å². The van der Waals surface area contributed by atoms with Crippen LogP contribution in [0.5, 0.6) is 0 Å². The largest absolute Gasteiger partial charge is 0.478 e. The molecule has 0 aliphatic heterocycles. The summed E-state index contributed by atoms with van der Waals surface area (Å²) < 4.78 is 1.83. The second-order valence-electron chi connectivity index (χ2n) is 4.14. The summed E-state index contributed by atoms with van der Waals surface area (Å²) in [6, 6.07) is 5.24. The van der Waals surface area contributed by atoms with E-state index in [1.54, 1.807) is 6.07 Å². The molecule has 0 spiro atoms. The molecule has 0 saturated heterocycles. The van der Waals surface area contributed by atoms with Crippen LogP contribution >= 0.6 is 0 Å². The fourth-order valence-electron chi connectivity index (χ4n) is 1.42. The number of rotatable bonds is 4. The highest BCUT2D eigenvalue weighted by Crippen LogP contribution is 2.14. The van der Waals surface area contributed by atoms with E-state index >= 15 is 0 Å². The summed E-state index contributed by atoms with van der Waals surface area (Å²) in [4.78, 5) is 14.7. The van der Waals surface area contributed by atoms with Gasteiger partial charge in [0.05, 0.1) is 5.56 Å². The predicted octanol–water partition coefficient (Wildman–Crippen LogP) is 2.30. The quantitative estimate of drug-likeness (QED) is 0.865. The first-order valence-corrected chi connectivity index (χ1v) is 5.58. The molecule has 94 valence electrons. The molecule has 0 atom stereocenters. The van der Waals surface area contributed by atoms with Gasteiger partial charge in [-0.05, 0) is 26.0 Å². The number of carboxylic acids is 1. The molecule has 18 heavy (non-hydrogen) atoms. The summed E-state index contributed by atoms with van der Waals surface area (Å²) in [5.41, 5.74) is 0.160. The number of anilines is 2. The second-order valence-corrected chi connectivity index (χ2v) is 4.14. The summed E-state index contributed by atoms with van der Waals surface area (Å²) >= 11 is 0. The first-order chi connectivity index (χ1) is 8.56. The minimum absolute atomic E-state index is 0.160. The van der Waals surface area contributed by atoms with Crippen molar-refractivity contribution in [1.82, 2.24) is 14.8 Å². The Morgan fingerprint density at radius 1 is 1.33 bits per heavy atom. The summed E-state index contributed by atoms with van der Waals surface area (Å²) in [6.45, 7) is 4.08. The van der Waals surface area contributed by atoms with E-state index in [1.807, 2.05) is 30.8 Å². The van der Waals surface area contributed by atoms with Crippen molar-refractivity contribution < 1.29 is 9.90 Å². The van der Waals surface area contributed by atoms with Crippen LogP contribution in [0.2, 0.25) is 0 Å². The van der Waals surface area contributed by atoms with Gasteiger partial charge in [-0.1, -0.05) is 0 Å². The van der Waals surface area contributed by atoms with Crippen LogP contribution in [0.1, 0.15) is 30.2 Å². The van der Waals surface area contributed by atoms with E-state index < -0.39 is 5.97 Å². The molecule has 2 heterocycles. The Morgan fingerprint density at radius 3 is 2.61 bits per heavy atom. The zero-order valence-electron chi connectivity index (χ0n) is 10.2. The van der Waals surface area contributed by atoms with Crippen LogP contribution in [-0.2, 0) is 0 Å². The van der Waals surface area contributed by atoms with Crippen molar-refractivity contribution in [3.05, 3.63) is 36.2 Å². The summed E-state index contributed by atoms with van der Waals surface area (Å²) in [6.07, 6.45) is 3.18. The van der Waals surface area contributed by atoms with Gasteiger partial charge in [-0.2, -0.15) is 5.10 Å². The van der Waals surface area contributed by atoms with Gasteiger partial charge in [0.2, 0.25) is 0 Å². The first kappa shape index (κ1) is 12.1. The fraction of sp³-hybridized carbons (Fsp3) is 0.250. The number of nitrogens with zero attached hydrogens (tertiary/aromatic N) is 3. The van der Waals surface area contributed by atoms with Gasteiger partial charge in [0.15, 0.2) is 5.82 Å². The number of aromatic nitrogens is 3. The topological polar surface area (TPSA) is 80.0 Å². The van der Waals surface area contributed by atoms with Crippen molar-refractivity contribution in [2.75, 3.05) is 5.32 Å². The number of pyridine rings is 1. The minimum atomic E-state index is -0.988. The van der Waals surface area contributed by atoms with E-state index in [0.717, 1.165) is 0 Å². The molecule has 2 aromatic rings. The molecule has 6 heteroatoms. The lowest BCUT2D eigenvalue weighted by molar-refractivity contribution is 0.0696. The van der Waals surface area contributed by atoms with Crippen molar-refractivity contribution in [2.45, 2.75) is 19.9 Å². The van der Waals surface area contributed by atoms with Gasteiger partial charge in [-0.3, -0.25) is 4.68 Å². The molecule has 0 saturated carbocycles. The van der Waals surface area contributed by atoms with E-state index in [0.29, 0.717) is 17.7 Å². The van der Waals surface area contributed by atoms with E-state index in [2.05, 4.69) is 15.4 Å². The van der Waals surface area contributed by atoms with Gasteiger partial charge in [0.1, 0.15) is 5.82 Å². The smallest absolute Gasteiger partial charge is 0.337 e. The van der Waals surface area contributed by atoms with Crippen LogP contribution in [0.25, 0.3) is 0 Å².